The molecule has 2 aliphatic heterocycles. The standard InChI is InChI=1S/C10H18O6/c1-10(2)15-7-5(11)4-14-9(13-3)6(12)8(7)16-10/h5-9,11-12H,4H2,1-3H3/t5-,6+,7+,8+,9+/m0/s1. The Balaban J connectivity index is 2.19. The minimum Gasteiger partial charge on any atom is -0.388 e. The summed E-state index contributed by atoms with van der Waals surface area (Å²) in [6.07, 6.45) is -3.85. The van der Waals surface area contributed by atoms with E-state index in [4.69, 9.17) is 18.9 Å². The Morgan fingerprint density at radius 1 is 1.19 bits per heavy atom. The van der Waals surface area contributed by atoms with Gasteiger partial charge in [0.15, 0.2) is 12.1 Å². The predicted molar refractivity (Wildman–Crippen MR) is 52.6 cm³/mol. The van der Waals surface area contributed by atoms with Crippen molar-refractivity contribution in [2.24, 2.45) is 0 Å². The first-order valence-electron chi connectivity index (χ1n) is 5.31. The van der Waals surface area contributed by atoms with Crippen molar-refractivity contribution >= 4 is 0 Å². The van der Waals surface area contributed by atoms with Gasteiger partial charge in [0.05, 0.1) is 6.61 Å². The molecule has 5 atom stereocenters. The molecular weight excluding hydrogens is 216 g/mol. The molecule has 0 amide bonds. The highest BCUT2D eigenvalue weighted by Crippen LogP contribution is 2.34. The molecule has 0 aromatic carbocycles. The Kier molecular flexibility index (Phi) is 3.22. The molecule has 0 spiro atoms. The van der Waals surface area contributed by atoms with E-state index in [-0.39, 0.29) is 6.61 Å². The molecule has 0 aromatic rings. The molecule has 0 unspecified atom stereocenters. The normalized spacial score (nSPS) is 47.4. The van der Waals surface area contributed by atoms with Crippen LogP contribution in [0, 0.1) is 0 Å². The zero-order valence-electron chi connectivity index (χ0n) is 9.62. The fraction of sp³-hybridized carbons (Fsp3) is 1.00. The third-order valence-electron chi connectivity index (χ3n) is 2.82. The van der Waals surface area contributed by atoms with Gasteiger partial charge < -0.3 is 29.2 Å². The summed E-state index contributed by atoms with van der Waals surface area (Å²) in [7, 11) is 1.43. The van der Waals surface area contributed by atoms with Crippen LogP contribution in [0.25, 0.3) is 0 Å². The number of ether oxygens (including phenoxy) is 4. The third kappa shape index (κ3) is 2.09. The first kappa shape index (κ1) is 12.2. The molecule has 2 fully saturated rings. The van der Waals surface area contributed by atoms with E-state index in [1.165, 1.54) is 7.11 Å². The van der Waals surface area contributed by atoms with Gasteiger partial charge in [-0.15, -0.1) is 0 Å². The highest BCUT2D eigenvalue weighted by Gasteiger charge is 2.52. The summed E-state index contributed by atoms with van der Waals surface area (Å²) in [5.41, 5.74) is 0. The Hall–Kier alpha value is -0.240. The number of aliphatic hydroxyl groups excluding tert-OH is 2. The first-order valence-corrected chi connectivity index (χ1v) is 5.31. The van der Waals surface area contributed by atoms with E-state index < -0.39 is 36.5 Å². The maximum atomic E-state index is 10.0. The van der Waals surface area contributed by atoms with Gasteiger partial charge in [0, 0.05) is 7.11 Å². The van der Waals surface area contributed by atoms with Crippen LogP contribution in [0.5, 0.6) is 0 Å². The van der Waals surface area contributed by atoms with Crippen LogP contribution in [0.2, 0.25) is 0 Å². The maximum absolute atomic E-state index is 10.0. The maximum Gasteiger partial charge on any atom is 0.185 e. The molecule has 2 heterocycles. The SMILES string of the molecule is CO[C@@H]1OC[C@H](O)[C@H]2OC(C)(C)O[C@@H]2[C@H]1O. The van der Waals surface area contributed by atoms with Crippen LogP contribution in [0.15, 0.2) is 0 Å². The van der Waals surface area contributed by atoms with Crippen LogP contribution in [-0.4, -0.2) is 60.4 Å². The molecule has 94 valence electrons. The van der Waals surface area contributed by atoms with Gasteiger partial charge in [0.1, 0.15) is 24.4 Å². The van der Waals surface area contributed by atoms with Crippen LogP contribution in [0.4, 0.5) is 0 Å². The van der Waals surface area contributed by atoms with Crippen molar-refractivity contribution in [2.75, 3.05) is 13.7 Å². The Bertz CT molecular complexity index is 256. The topological polar surface area (TPSA) is 77.4 Å². The summed E-state index contributed by atoms with van der Waals surface area (Å²) < 4.78 is 21.3. The highest BCUT2D eigenvalue weighted by atomic mass is 16.8. The van der Waals surface area contributed by atoms with Gasteiger partial charge in [-0.25, -0.2) is 0 Å². The fourth-order valence-electron chi connectivity index (χ4n) is 2.13. The van der Waals surface area contributed by atoms with Crippen LogP contribution in [-0.2, 0) is 18.9 Å². The van der Waals surface area contributed by atoms with Gasteiger partial charge in [-0.05, 0) is 13.8 Å². The van der Waals surface area contributed by atoms with Crippen LogP contribution < -0.4 is 0 Å². The van der Waals surface area contributed by atoms with Crippen LogP contribution in [0.1, 0.15) is 13.8 Å². The second-order valence-electron chi connectivity index (χ2n) is 4.56. The lowest BCUT2D eigenvalue weighted by Crippen LogP contribution is -2.44. The Labute approximate surface area is 94.1 Å². The molecule has 6 heteroatoms. The van der Waals surface area contributed by atoms with Crippen LogP contribution in [0.3, 0.4) is 0 Å². The lowest BCUT2D eigenvalue weighted by atomic mass is 10.0. The molecule has 0 bridgehead atoms. The summed E-state index contributed by atoms with van der Waals surface area (Å²) in [6.45, 7) is 3.53. The van der Waals surface area contributed by atoms with Gasteiger partial charge >= 0.3 is 0 Å². The van der Waals surface area contributed by atoms with E-state index >= 15 is 0 Å². The van der Waals surface area contributed by atoms with Gasteiger partial charge in [0.25, 0.3) is 0 Å². The van der Waals surface area contributed by atoms with Crippen molar-refractivity contribution in [2.45, 2.75) is 50.3 Å². The van der Waals surface area contributed by atoms with Crippen molar-refractivity contribution in [3.8, 4) is 0 Å². The van der Waals surface area contributed by atoms with Crippen molar-refractivity contribution in [3.05, 3.63) is 0 Å². The predicted octanol–water partition coefficient (Wildman–Crippen LogP) is -0.769. The number of rotatable bonds is 1. The van der Waals surface area contributed by atoms with Crippen molar-refractivity contribution in [3.63, 3.8) is 0 Å². The molecular formula is C10H18O6. The Morgan fingerprint density at radius 3 is 2.44 bits per heavy atom. The number of hydrogen-bond donors (Lipinski definition) is 2. The molecule has 6 nitrogen and oxygen atoms in total. The van der Waals surface area contributed by atoms with Crippen molar-refractivity contribution in [1.29, 1.82) is 0 Å². The summed E-state index contributed by atoms with van der Waals surface area (Å²) in [6, 6.07) is 0. The largest absolute Gasteiger partial charge is 0.388 e. The molecule has 2 rings (SSSR count). The second-order valence-corrected chi connectivity index (χ2v) is 4.56. The lowest BCUT2D eigenvalue weighted by molar-refractivity contribution is -0.222. The summed E-state index contributed by atoms with van der Waals surface area (Å²) in [5, 5.41) is 19.8. The fourth-order valence-corrected chi connectivity index (χ4v) is 2.13. The first-order chi connectivity index (χ1) is 7.44. The van der Waals surface area contributed by atoms with Gasteiger partial charge in [-0.1, -0.05) is 0 Å². The van der Waals surface area contributed by atoms with Crippen molar-refractivity contribution < 1.29 is 29.2 Å². The van der Waals surface area contributed by atoms with Crippen molar-refractivity contribution in [1.82, 2.24) is 0 Å². The minimum absolute atomic E-state index is 0.0518. The van der Waals surface area contributed by atoms with Crippen LogP contribution >= 0.6 is 0 Å². The molecule has 16 heavy (non-hydrogen) atoms. The van der Waals surface area contributed by atoms with Gasteiger partial charge in [-0.3, -0.25) is 0 Å². The van der Waals surface area contributed by atoms with E-state index in [0.29, 0.717) is 0 Å². The van der Waals surface area contributed by atoms with E-state index in [9.17, 15) is 10.2 Å². The van der Waals surface area contributed by atoms with Gasteiger partial charge in [0.2, 0.25) is 0 Å². The average Bonchev–Trinajstić information content (AvgIpc) is 2.50. The Morgan fingerprint density at radius 2 is 1.81 bits per heavy atom. The third-order valence-corrected chi connectivity index (χ3v) is 2.82. The number of methoxy groups -OCH3 is 1. The minimum atomic E-state index is -0.978. The van der Waals surface area contributed by atoms with E-state index in [1.54, 1.807) is 13.8 Å². The van der Waals surface area contributed by atoms with Gasteiger partial charge in [-0.2, -0.15) is 0 Å². The molecule has 2 aliphatic rings. The lowest BCUT2D eigenvalue weighted by Gasteiger charge is -2.24. The van der Waals surface area contributed by atoms with E-state index in [0.717, 1.165) is 0 Å². The van der Waals surface area contributed by atoms with E-state index in [2.05, 4.69) is 0 Å². The summed E-state index contributed by atoms with van der Waals surface area (Å²) >= 11 is 0. The zero-order chi connectivity index (χ0) is 11.9. The quantitative estimate of drug-likeness (QED) is 0.620. The molecule has 0 radical (unpaired) electrons. The number of hydrogen-bond acceptors (Lipinski definition) is 6. The number of fused-ring (bicyclic) bond motifs is 1. The number of aliphatic hydroxyl groups is 2. The highest BCUT2D eigenvalue weighted by molar-refractivity contribution is 4.94. The smallest absolute Gasteiger partial charge is 0.185 e. The second kappa shape index (κ2) is 4.21. The average molecular weight is 234 g/mol. The molecule has 2 N–H and O–H groups in total. The molecule has 0 saturated carbocycles. The monoisotopic (exact) mass is 234 g/mol. The summed E-state index contributed by atoms with van der Waals surface area (Å²) in [4.78, 5) is 0. The molecule has 0 aliphatic carbocycles. The zero-order valence-corrected chi connectivity index (χ0v) is 9.62. The molecule has 2 saturated heterocycles. The summed E-state index contributed by atoms with van der Waals surface area (Å²) in [5.74, 6) is -0.813. The van der Waals surface area contributed by atoms with E-state index in [1.807, 2.05) is 0 Å². The molecule has 0 aromatic heterocycles.